The molecule has 3 aromatic rings. The summed E-state index contributed by atoms with van der Waals surface area (Å²) in [7, 11) is 0. The van der Waals surface area contributed by atoms with Gasteiger partial charge in [-0.3, -0.25) is 9.59 Å². The highest BCUT2D eigenvalue weighted by Crippen LogP contribution is 2.44. The van der Waals surface area contributed by atoms with E-state index in [0.717, 1.165) is 16.7 Å². The molecular weight excluding hydrogens is 390 g/mol. The van der Waals surface area contributed by atoms with E-state index < -0.39 is 18.6 Å². The fourth-order valence-corrected chi connectivity index (χ4v) is 4.25. The second-order valence-corrected chi connectivity index (χ2v) is 7.70. The van der Waals surface area contributed by atoms with Crippen LogP contribution in [0.5, 0.6) is 0 Å². The summed E-state index contributed by atoms with van der Waals surface area (Å²) in [4.78, 5) is 25.1. The summed E-state index contributed by atoms with van der Waals surface area (Å²) in [5, 5.41) is 11.5. The van der Waals surface area contributed by atoms with Gasteiger partial charge < -0.3 is 15.2 Å². The summed E-state index contributed by atoms with van der Waals surface area (Å²) >= 11 is 0. The van der Waals surface area contributed by atoms with Gasteiger partial charge in [-0.25, -0.2) is 0 Å². The smallest absolute Gasteiger partial charge is 0.306 e. The van der Waals surface area contributed by atoms with Crippen molar-refractivity contribution in [1.29, 1.82) is 0 Å². The number of esters is 1. The second-order valence-electron chi connectivity index (χ2n) is 7.70. The first-order valence-electron chi connectivity index (χ1n) is 10.4. The van der Waals surface area contributed by atoms with Crippen LogP contribution >= 0.6 is 0 Å². The van der Waals surface area contributed by atoms with Crippen LogP contribution in [0.4, 0.5) is 0 Å². The summed E-state index contributed by atoms with van der Waals surface area (Å²) in [6, 6.07) is 25.8. The van der Waals surface area contributed by atoms with Crippen LogP contribution in [-0.2, 0) is 20.7 Å². The average molecular weight is 415 g/mol. The molecular formula is C26H25NO4. The Labute approximate surface area is 181 Å². The zero-order chi connectivity index (χ0) is 21.6. The summed E-state index contributed by atoms with van der Waals surface area (Å²) in [6.45, 7) is -0.235. The SMILES string of the molecule is O=C(C[C@@H](Cc1ccccc1)C(=O)NCO)OCC1c2ccccc2-c2ccccc21. The van der Waals surface area contributed by atoms with E-state index in [4.69, 9.17) is 9.84 Å². The van der Waals surface area contributed by atoms with Crippen molar-refractivity contribution in [3.63, 3.8) is 0 Å². The Morgan fingerprint density at radius 1 is 0.871 bits per heavy atom. The first-order chi connectivity index (χ1) is 15.2. The van der Waals surface area contributed by atoms with Gasteiger partial charge >= 0.3 is 5.97 Å². The van der Waals surface area contributed by atoms with Crippen molar-refractivity contribution in [2.75, 3.05) is 13.3 Å². The Morgan fingerprint density at radius 2 is 1.45 bits per heavy atom. The second kappa shape index (κ2) is 9.58. The molecule has 0 spiro atoms. The molecule has 0 unspecified atom stereocenters. The van der Waals surface area contributed by atoms with E-state index in [0.29, 0.717) is 6.42 Å². The van der Waals surface area contributed by atoms with E-state index in [2.05, 4.69) is 29.6 Å². The lowest BCUT2D eigenvalue weighted by Crippen LogP contribution is -2.34. The van der Waals surface area contributed by atoms with Gasteiger partial charge in [0.05, 0.1) is 12.3 Å². The number of aliphatic hydroxyl groups excluding tert-OH is 1. The largest absolute Gasteiger partial charge is 0.465 e. The number of hydrogen-bond donors (Lipinski definition) is 2. The minimum atomic E-state index is -0.606. The van der Waals surface area contributed by atoms with E-state index in [1.165, 1.54) is 11.1 Å². The predicted molar refractivity (Wildman–Crippen MR) is 118 cm³/mol. The number of carbonyl (C=O) groups is 2. The van der Waals surface area contributed by atoms with Crippen molar-refractivity contribution in [3.8, 4) is 11.1 Å². The molecule has 1 aliphatic rings. The molecule has 0 aliphatic heterocycles. The first kappa shape index (κ1) is 20.8. The van der Waals surface area contributed by atoms with E-state index in [1.54, 1.807) is 0 Å². The Hall–Kier alpha value is -3.44. The van der Waals surface area contributed by atoms with Crippen molar-refractivity contribution in [3.05, 3.63) is 95.6 Å². The number of rotatable bonds is 8. The number of carbonyl (C=O) groups excluding carboxylic acids is 2. The van der Waals surface area contributed by atoms with Crippen LogP contribution in [0.3, 0.4) is 0 Å². The van der Waals surface area contributed by atoms with Gasteiger partial charge in [-0.2, -0.15) is 0 Å². The van der Waals surface area contributed by atoms with Crippen LogP contribution in [0, 0.1) is 5.92 Å². The number of nitrogens with one attached hydrogen (secondary N) is 1. The molecule has 0 aromatic heterocycles. The minimum absolute atomic E-state index is 0.0183. The highest BCUT2D eigenvalue weighted by molar-refractivity contribution is 5.84. The van der Waals surface area contributed by atoms with Gasteiger partial charge in [0, 0.05) is 5.92 Å². The van der Waals surface area contributed by atoms with Crippen molar-refractivity contribution >= 4 is 11.9 Å². The number of hydrogen-bond acceptors (Lipinski definition) is 4. The molecule has 1 atom stereocenters. The lowest BCUT2D eigenvalue weighted by molar-refractivity contribution is -0.147. The van der Waals surface area contributed by atoms with Crippen LogP contribution in [0.1, 0.15) is 29.0 Å². The topological polar surface area (TPSA) is 75.6 Å². The molecule has 1 amide bonds. The van der Waals surface area contributed by atoms with E-state index >= 15 is 0 Å². The third-order valence-electron chi connectivity index (χ3n) is 5.74. The summed E-state index contributed by atoms with van der Waals surface area (Å²) < 4.78 is 5.65. The summed E-state index contributed by atoms with van der Waals surface area (Å²) in [5.41, 5.74) is 5.59. The molecule has 0 fully saturated rings. The van der Waals surface area contributed by atoms with Gasteiger partial charge in [-0.1, -0.05) is 78.9 Å². The number of fused-ring (bicyclic) bond motifs is 3. The molecule has 0 saturated carbocycles. The average Bonchev–Trinajstić information content (AvgIpc) is 3.12. The van der Waals surface area contributed by atoms with E-state index in [-0.39, 0.29) is 24.9 Å². The van der Waals surface area contributed by atoms with Gasteiger partial charge in [0.25, 0.3) is 0 Å². The van der Waals surface area contributed by atoms with Crippen molar-refractivity contribution < 1.29 is 19.4 Å². The molecule has 31 heavy (non-hydrogen) atoms. The van der Waals surface area contributed by atoms with Crippen LogP contribution in [0.25, 0.3) is 11.1 Å². The molecule has 3 aromatic carbocycles. The fourth-order valence-electron chi connectivity index (χ4n) is 4.25. The van der Waals surface area contributed by atoms with Crippen LogP contribution < -0.4 is 5.32 Å². The number of benzene rings is 3. The standard InChI is InChI=1S/C26H25NO4/c28-17-27-26(30)19(14-18-8-2-1-3-9-18)15-25(29)31-16-24-22-12-6-4-10-20(22)21-11-5-7-13-23(21)24/h1-13,19,24,28H,14-17H2,(H,27,30)/t19-/m1/s1. The van der Waals surface area contributed by atoms with Crippen LogP contribution in [0.15, 0.2) is 78.9 Å². The Morgan fingerprint density at radius 3 is 2.06 bits per heavy atom. The zero-order valence-corrected chi connectivity index (χ0v) is 17.2. The molecule has 4 rings (SSSR count). The van der Waals surface area contributed by atoms with Crippen LogP contribution in [0.2, 0.25) is 0 Å². The van der Waals surface area contributed by atoms with E-state index in [1.807, 2.05) is 54.6 Å². The Balaban J connectivity index is 1.44. The maximum atomic E-state index is 12.7. The molecule has 1 aliphatic carbocycles. The van der Waals surface area contributed by atoms with Gasteiger partial charge in [-0.15, -0.1) is 0 Å². The number of aliphatic hydroxyl groups is 1. The zero-order valence-electron chi connectivity index (χ0n) is 17.2. The summed E-state index contributed by atoms with van der Waals surface area (Å²) in [6.07, 6.45) is 0.355. The van der Waals surface area contributed by atoms with E-state index in [9.17, 15) is 9.59 Å². The third-order valence-corrected chi connectivity index (χ3v) is 5.74. The van der Waals surface area contributed by atoms with Gasteiger partial charge in [0.15, 0.2) is 0 Å². The molecule has 158 valence electrons. The van der Waals surface area contributed by atoms with Gasteiger partial charge in [0.1, 0.15) is 13.3 Å². The maximum Gasteiger partial charge on any atom is 0.306 e. The number of ether oxygens (including phenoxy) is 1. The lowest BCUT2D eigenvalue weighted by Gasteiger charge is -2.18. The minimum Gasteiger partial charge on any atom is -0.465 e. The van der Waals surface area contributed by atoms with Gasteiger partial charge in [-0.05, 0) is 34.2 Å². The first-order valence-corrected chi connectivity index (χ1v) is 10.4. The Kier molecular flexibility index (Phi) is 6.43. The highest BCUT2D eigenvalue weighted by atomic mass is 16.5. The van der Waals surface area contributed by atoms with Crippen LogP contribution in [-0.4, -0.2) is 30.3 Å². The molecule has 0 saturated heterocycles. The molecule has 0 bridgehead atoms. The molecule has 5 nitrogen and oxygen atoms in total. The predicted octanol–water partition coefficient (Wildman–Crippen LogP) is 3.66. The molecule has 5 heteroatoms. The fraction of sp³-hybridized carbons (Fsp3) is 0.231. The normalized spacial score (nSPS) is 13.2. The van der Waals surface area contributed by atoms with Gasteiger partial charge in [0.2, 0.25) is 5.91 Å². The Bertz CT molecular complexity index is 1020. The maximum absolute atomic E-state index is 12.7. The molecule has 0 radical (unpaired) electrons. The number of amides is 1. The molecule has 0 heterocycles. The highest BCUT2D eigenvalue weighted by Gasteiger charge is 2.30. The third kappa shape index (κ3) is 4.67. The lowest BCUT2D eigenvalue weighted by atomic mass is 9.95. The van der Waals surface area contributed by atoms with Crippen molar-refractivity contribution in [2.24, 2.45) is 5.92 Å². The molecule has 2 N–H and O–H groups in total. The monoisotopic (exact) mass is 415 g/mol. The quantitative estimate of drug-likeness (QED) is 0.435. The van der Waals surface area contributed by atoms with Crippen molar-refractivity contribution in [1.82, 2.24) is 5.32 Å². The van der Waals surface area contributed by atoms with Crippen molar-refractivity contribution in [2.45, 2.75) is 18.8 Å². The summed E-state index contributed by atoms with van der Waals surface area (Å²) in [5.74, 6) is -1.41.